The molecule has 1 unspecified atom stereocenters. The van der Waals surface area contributed by atoms with Crippen LogP contribution in [0.5, 0.6) is 0 Å². The maximum atomic E-state index is 12.2. The summed E-state index contributed by atoms with van der Waals surface area (Å²) in [6.07, 6.45) is 0.442. The van der Waals surface area contributed by atoms with Crippen LogP contribution in [0.2, 0.25) is 0 Å². The number of rotatable bonds is 8. The average Bonchev–Trinajstić information content (AvgIpc) is 2.30. The van der Waals surface area contributed by atoms with Gasteiger partial charge in [0.25, 0.3) is 6.43 Å². The highest BCUT2D eigenvalue weighted by Crippen LogP contribution is 2.13. The number of ether oxygens (including phenoxy) is 2. The Morgan fingerprint density at radius 2 is 2.18 bits per heavy atom. The van der Waals surface area contributed by atoms with Crippen molar-refractivity contribution in [3.05, 3.63) is 0 Å². The lowest BCUT2D eigenvalue weighted by atomic mass is 10.2. The van der Waals surface area contributed by atoms with Gasteiger partial charge in [-0.1, -0.05) is 0 Å². The third-order valence-electron chi connectivity index (χ3n) is 2.66. The molecule has 1 fully saturated rings. The van der Waals surface area contributed by atoms with Gasteiger partial charge in [0.2, 0.25) is 0 Å². The first-order valence-corrected chi connectivity index (χ1v) is 6.07. The summed E-state index contributed by atoms with van der Waals surface area (Å²) in [4.78, 5) is 1.49. The molecule has 1 aliphatic heterocycles. The van der Waals surface area contributed by atoms with Gasteiger partial charge in [0.15, 0.2) is 6.29 Å². The normalized spacial score (nSPS) is 21.4. The lowest BCUT2D eigenvalue weighted by molar-refractivity contribution is -0.164. The van der Waals surface area contributed by atoms with E-state index in [0.29, 0.717) is 19.8 Å². The van der Waals surface area contributed by atoms with Crippen LogP contribution in [0.4, 0.5) is 8.78 Å². The summed E-state index contributed by atoms with van der Waals surface area (Å²) in [5.41, 5.74) is 0. The predicted octanol–water partition coefficient (Wildman–Crippen LogP) is 1.09. The molecule has 0 amide bonds. The number of aliphatic hydroxyl groups is 1. The molecule has 1 aliphatic rings. The van der Waals surface area contributed by atoms with Gasteiger partial charge >= 0.3 is 0 Å². The second-order valence-electron chi connectivity index (χ2n) is 4.08. The molecule has 1 saturated heterocycles. The average molecular weight is 253 g/mol. The first-order valence-electron chi connectivity index (χ1n) is 6.07. The van der Waals surface area contributed by atoms with Crippen molar-refractivity contribution in [2.75, 3.05) is 39.5 Å². The van der Waals surface area contributed by atoms with Crippen LogP contribution < -0.4 is 0 Å². The topological polar surface area (TPSA) is 41.9 Å². The van der Waals surface area contributed by atoms with E-state index in [1.165, 1.54) is 4.90 Å². The van der Waals surface area contributed by atoms with Gasteiger partial charge in [-0.3, -0.25) is 4.90 Å². The van der Waals surface area contributed by atoms with Crippen molar-refractivity contribution < 1.29 is 23.4 Å². The van der Waals surface area contributed by atoms with Gasteiger partial charge in [-0.2, -0.15) is 0 Å². The fraction of sp³-hybridized carbons (Fsp3) is 1.00. The number of hydrogen-bond acceptors (Lipinski definition) is 4. The lowest BCUT2D eigenvalue weighted by Gasteiger charge is -2.25. The van der Waals surface area contributed by atoms with Crippen LogP contribution in [0, 0.1) is 0 Å². The fourth-order valence-corrected chi connectivity index (χ4v) is 1.79. The highest BCUT2D eigenvalue weighted by molar-refractivity contribution is 4.59. The summed E-state index contributed by atoms with van der Waals surface area (Å²) in [7, 11) is 0. The highest BCUT2D eigenvalue weighted by atomic mass is 19.3. The molecule has 0 saturated carbocycles. The third kappa shape index (κ3) is 6.88. The summed E-state index contributed by atoms with van der Waals surface area (Å²) in [6, 6.07) is 0. The highest BCUT2D eigenvalue weighted by Gasteiger charge is 2.15. The monoisotopic (exact) mass is 253 g/mol. The molecule has 0 aliphatic carbocycles. The molecule has 0 aromatic heterocycles. The van der Waals surface area contributed by atoms with E-state index >= 15 is 0 Å². The maximum Gasteiger partial charge on any atom is 0.251 e. The Morgan fingerprint density at radius 3 is 2.76 bits per heavy atom. The van der Waals surface area contributed by atoms with Gasteiger partial charge in [-0.15, -0.1) is 0 Å². The van der Waals surface area contributed by atoms with E-state index < -0.39 is 6.43 Å². The second kappa shape index (κ2) is 8.74. The van der Waals surface area contributed by atoms with Crippen molar-refractivity contribution in [1.82, 2.24) is 4.90 Å². The van der Waals surface area contributed by atoms with Crippen LogP contribution in [0.1, 0.15) is 19.3 Å². The van der Waals surface area contributed by atoms with E-state index in [1.807, 2.05) is 0 Å². The Morgan fingerprint density at radius 1 is 1.35 bits per heavy atom. The Hall–Kier alpha value is -0.300. The molecule has 6 heteroatoms. The Balaban J connectivity index is 2.12. The second-order valence-corrected chi connectivity index (χ2v) is 4.08. The van der Waals surface area contributed by atoms with Crippen molar-refractivity contribution in [1.29, 1.82) is 0 Å². The molecule has 0 aromatic rings. The molecule has 0 bridgehead atoms. The Kier molecular flexibility index (Phi) is 7.59. The molecule has 1 N–H and O–H groups in total. The summed E-state index contributed by atoms with van der Waals surface area (Å²) in [6.45, 7) is 1.27. The number of aliphatic hydroxyl groups excluding tert-OH is 1. The zero-order valence-electron chi connectivity index (χ0n) is 9.99. The number of hydrogen-bond donors (Lipinski definition) is 1. The molecule has 1 atom stereocenters. The summed E-state index contributed by atoms with van der Waals surface area (Å²) in [5, 5.41) is 8.75. The Bertz CT molecular complexity index is 190. The molecule has 0 spiro atoms. The summed E-state index contributed by atoms with van der Waals surface area (Å²) in [5.74, 6) is 0. The van der Waals surface area contributed by atoms with Crippen molar-refractivity contribution >= 4 is 0 Å². The third-order valence-corrected chi connectivity index (χ3v) is 2.66. The smallest absolute Gasteiger partial charge is 0.251 e. The van der Waals surface area contributed by atoms with Gasteiger partial charge in [-0.05, 0) is 19.3 Å². The zero-order chi connectivity index (χ0) is 12.5. The van der Waals surface area contributed by atoms with Gasteiger partial charge in [0, 0.05) is 19.7 Å². The predicted molar refractivity (Wildman–Crippen MR) is 59.1 cm³/mol. The van der Waals surface area contributed by atoms with Crippen molar-refractivity contribution in [3.63, 3.8) is 0 Å². The minimum Gasteiger partial charge on any atom is -0.395 e. The maximum absolute atomic E-state index is 12.2. The summed E-state index contributed by atoms with van der Waals surface area (Å²) >= 11 is 0. The van der Waals surface area contributed by atoms with Gasteiger partial charge < -0.3 is 14.6 Å². The van der Waals surface area contributed by atoms with Crippen LogP contribution >= 0.6 is 0 Å². The van der Waals surface area contributed by atoms with E-state index in [0.717, 1.165) is 19.3 Å². The van der Waals surface area contributed by atoms with Gasteiger partial charge in [0.1, 0.15) is 0 Å². The largest absolute Gasteiger partial charge is 0.395 e. The quantitative estimate of drug-likeness (QED) is 0.703. The number of nitrogens with zero attached hydrogens (tertiary/aromatic N) is 1. The molecule has 1 rings (SSSR count). The minimum absolute atomic E-state index is 0.118. The molecule has 4 nitrogen and oxygen atoms in total. The molecule has 102 valence electrons. The van der Waals surface area contributed by atoms with Gasteiger partial charge in [0.05, 0.1) is 19.8 Å². The van der Waals surface area contributed by atoms with Gasteiger partial charge in [-0.25, -0.2) is 8.78 Å². The van der Waals surface area contributed by atoms with E-state index in [2.05, 4.69) is 0 Å². The van der Waals surface area contributed by atoms with E-state index in [1.54, 1.807) is 0 Å². The minimum atomic E-state index is -2.38. The summed E-state index contributed by atoms with van der Waals surface area (Å²) < 4.78 is 35.2. The van der Waals surface area contributed by atoms with E-state index in [4.69, 9.17) is 14.6 Å². The number of halogens is 2. The molecule has 0 aromatic carbocycles. The fourth-order valence-electron chi connectivity index (χ4n) is 1.79. The van der Waals surface area contributed by atoms with Crippen LogP contribution in [0.3, 0.4) is 0 Å². The lowest BCUT2D eigenvalue weighted by Crippen LogP contribution is -2.35. The first kappa shape index (κ1) is 14.8. The van der Waals surface area contributed by atoms with Crippen LogP contribution in [0.15, 0.2) is 0 Å². The van der Waals surface area contributed by atoms with Crippen molar-refractivity contribution in [2.45, 2.75) is 32.0 Å². The molecular weight excluding hydrogens is 232 g/mol. The molecule has 0 radical (unpaired) electrons. The zero-order valence-corrected chi connectivity index (χ0v) is 9.99. The first-order chi connectivity index (χ1) is 8.22. The van der Waals surface area contributed by atoms with Crippen molar-refractivity contribution in [3.8, 4) is 0 Å². The number of alkyl halides is 2. The standard InChI is InChI=1S/C11H21F2NO3/c12-10(13)9-14(4-6-15)5-8-17-11-3-1-2-7-16-11/h10-11,15H,1-9H2. The molecule has 17 heavy (non-hydrogen) atoms. The van der Waals surface area contributed by atoms with Crippen LogP contribution in [-0.2, 0) is 9.47 Å². The van der Waals surface area contributed by atoms with E-state index in [9.17, 15) is 8.78 Å². The Labute approximate surface area is 100 Å². The van der Waals surface area contributed by atoms with Crippen LogP contribution in [-0.4, -0.2) is 62.2 Å². The molecule has 1 heterocycles. The van der Waals surface area contributed by atoms with E-state index in [-0.39, 0.29) is 26.0 Å². The van der Waals surface area contributed by atoms with Crippen molar-refractivity contribution in [2.24, 2.45) is 0 Å². The van der Waals surface area contributed by atoms with Crippen LogP contribution in [0.25, 0.3) is 0 Å². The molecular formula is C11H21F2NO3. The SMILES string of the molecule is OCCN(CCOC1CCCCO1)CC(F)F.